The van der Waals surface area contributed by atoms with Crippen LogP contribution in [0.3, 0.4) is 0 Å². The van der Waals surface area contributed by atoms with Crippen LogP contribution in [0.1, 0.15) is 17.5 Å². The van der Waals surface area contributed by atoms with Crippen molar-refractivity contribution in [2.24, 2.45) is 10.9 Å². The van der Waals surface area contributed by atoms with Crippen LogP contribution in [0.25, 0.3) is 0 Å². The van der Waals surface area contributed by atoms with E-state index in [2.05, 4.69) is 5.16 Å². The van der Waals surface area contributed by atoms with Crippen LogP contribution in [-0.2, 0) is 16.1 Å². The third-order valence-electron chi connectivity index (χ3n) is 2.70. The van der Waals surface area contributed by atoms with Crippen LogP contribution in [0.4, 0.5) is 0 Å². The summed E-state index contributed by atoms with van der Waals surface area (Å²) in [5, 5.41) is 11.6. The zero-order chi connectivity index (χ0) is 14.3. The minimum atomic E-state index is 0.0102. The monoisotopic (exact) mass is 265 g/mol. The highest BCUT2D eigenvalue weighted by Crippen LogP contribution is 2.08. The van der Waals surface area contributed by atoms with Crippen LogP contribution in [-0.4, -0.2) is 42.6 Å². The minimum absolute atomic E-state index is 0.0102. The Balaban J connectivity index is 2.69. The first-order valence-corrected chi connectivity index (χ1v) is 5.88. The maximum Gasteiger partial charge on any atom is 0.224 e. The normalized spacial score (nSPS) is 11.4. The standard InChI is InChI=1S/C13H19N3O3/c1-16(12(17)6-7-19-2)9-10-4-3-5-11(8-10)13(14)15-18/h3-5,8,18H,6-7,9H2,1-2H3,(H2,14,15). The van der Waals surface area contributed by atoms with Crippen molar-refractivity contribution in [1.29, 1.82) is 0 Å². The fourth-order valence-electron chi connectivity index (χ4n) is 1.63. The smallest absolute Gasteiger partial charge is 0.224 e. The Morgan fingerprint density at radius 3 is 2.89 bits per heavy atom. The largest absolute Gasteiger partial charge is 0.409 e. The number of oxime groups is 1. The van der Waals surface area contributed by atoms with Crippen molar-refractivity contribution in [3.8, 4) is 0 Å². The van der Waals surface area contributed by atoms with Gasteiger partial charge in [-0.1, -0.05) is 23.4 Å². The predicted octanol–water partition coefficient (Wildman–Crippen LogP) is 0.776. The van der Waals surface area contributed by atoms with E-state index in [-0.39, 0.29) is 11.7 Å². The van der Waals surface area contributed by atoms with Crippen molar-refractivity contribution in [2.75, 3.05) is 20.8 Å². The molecule has 0 bridgehead atoms. The quantitative estimate of drug-likeness (QED) is 0.344. The van der Waals surface area contributed by atoms with Crippen LogP contribution >= 0.6 is 0 Å². The predicted molar refractivity (Wildman–Crippen MR) is 71.9 cm³/mol. The van der Waals surface area contributed by atoms with Gasteiger partial charge in [-0.05, 0) is 11.6 Å². The third kappa shape index (κ3) is 4.59. The van der Waals surface area contributed by atoms with Gasteiger partial charge >= 0.3 is 0 Å². The van der Waals surface area contributed by atoms with Crippen LogP contribution in [0, 0.1) is 0 Å². The van der Waals surface area contributed by atoms with E-state index >= 15 is 0 Å². The first kappa shape index (κ1) is 15.0. The molecule has 0 radical (unpaired) electrons. The highest BCUT2D eigenvalue weighted by Gasteiger charge is 2.09. The number of methoxy groups -OCH3 is 1. The van der Waals surface area contributed by atoms with Gasteiger partial charge in [-0.15, -0.1) is 0 Å². The number of carbonyl (C=O) groups is 1. The number of rotatable bonds is 6. The van der Waals surface area contributed by atoms with Gasteiger partial charge in [-0.2, -0.15) is 0 Å². The molecule has 0 aliphatic rings. The fraction of sp³-hybridized carbons (Fsp3) is 0.385. The van der Waals surface area contributed by atoms with Crippen LogP contribution < -0.4 is 5.73 Å². The van der Waals surface area contributed by atoms with E-state index in [0.717, 1.165) is 5.56 Å². The van der Waals surface area contributed by atoms with Crippen molar-refractivity contribution < 1.29 is 14.7 Å². The number of nitrogens with zero attached hydrogens (tertiary/aromatic N) is 2. The lowest BCUT2D eigenvalue weighted by Crippen LogP contribution is -2.27. The lowest BCUT2D eigenvalue weighted by molar-refractivity contribution is -0.131. The number of carbonyl (C=O) groups excluding carboxylic acids is 1. The average molecular weight is 265 g/mol. The van der Waals surface area contributed by atoms with Crippen LogP contribution in [0.2, 0.25) is 0 Å². The second kappa shape index (κ2) is 7.38. The van der Waals surface area contributed by atoms with Gasteiger partial charge in [0, 0.05) is 26.3 Å². The van der Waals surface area contributed by atoms with E-state index in [1.54, 1.807) is 37.3 Å². The van der Waals surface area contributed by atoms with E-state index in [1.807, 2.05) is 6.07 Å². The maximum absolute atomic E-state index is 11.7. The molecule has 6 nitrogen and oxygen atoms in total. The molecule has 0 saturated heterocycles. The second-order valence-corrected chi connectivity index (χ2v) is 4.18. The molecule has 0 aliphatic heterocycles. The summed E-state index contributed by atoms with van der Waals surface area (Å²) in [6.07, 6.45) is 0.354. The summed E-state index contributed by atoms with van der Waals surface area (Å²) < 4.78 is 4.87. The molecule has 6 heteroatoms. The molecule has 104 valence electrons. The van der Waals surface area contributed by atoms with Crippen molar-refractivity contribution >= 4 is 11.7 Å². The maximum atomic E-state index is 11.7. The summed E-state index contributed by atoms with van der Waals surface area (Å²) >= 11 is 0. The molecule has 1 rings (SSSR count). The third-order valence-corrected chi connectivity index (χ3v) is 2.70. The number of amidine groups is 1. The summed E-state index contributed by atoms with van der Waals surface area (Å²) in [7, 11) is 3.29. The Labute approximate surface area is 112 Å². The van der Waals surface area contributed by atoms with Crippen LogP contribution in [0.5, 0.6) is 0 Å². The Hall–Kier alpha value is -2.08. The summed E-state index contributed by atoms with van der Waals surface area (Å²) in [5.41, 5.74) is 7.06. The van der Waals surface area contributed by atoms with E-state index in [9.17, 15) is 4.79 Å². The van der Waals surface area contributed by atoms with E-state index in [0.29, 0.717) is 25.1 Å². The van der Waals surface area contributed by atoms with Gasteiger partial charge in [0.2, 0.25) is 5.91 Å². The van der Waals surface area contributed by atoms with E-state index in [1.165, 1.54) is 0 Å². The summed E-state index contributed by atoms with van der Waals surface area (Å²) in [6.45, 7) is 0.877. The van der Waals surface area contributed by atoms with Gasteiger partial charge in [-0.3, -0.25) is 4.79 Å². The highest BCUT2D eigenvalue weighted by molar-refractivity contribution is 5.97. The Morgan fingerprint density at radius 2 is 2.26 bits per heavy atom. The molecule has 0 spiro atoms. The second-order valence-electron chi connectivity index (χ2n) is 4.18. The molecule has 0 aliphatic carbocycles. The van der Waals surface area contributed by atoms with Crippen molar-refractivity contribution in [2.45, 2.75) is 13.0 Å². The first-order chi connectivity index (χ1) is 9.08. The summed E-state index contributed by atoms with van der Waals surface area (Å²) in [5.74, 6) is 0.0614. The van der Waals surface area contributed by atoms with Gasteiger partial charge in [0.05, 0.1) is 13.0 Å². The molecule has 3 N–H and O–H groups in total. The molecule has 0 atom stereocenters. The molecule has 1 aromatic carbocycles. The van der Waals surface area contributed by atoms with Gasteiger partial charge in [0.15, 0.2) is 5.84 Å². The van der Waals surface area contributed by atoms with Crippen molar-refractivity contribution in [3.63, 3.8) is 0 Å². The lowest BCUT2D eigenvalue weighted by Gasteiger charge is -2.17. The number of hydrogen-bond acceptors (Lipinski definition) is 4. The zero-order valence-corrected chi connectivity index (χ0v) is 11.2. The number of amides is 1. The Bertz CT molecular complexity index is 460. The molecule has 0 heterocycles. The molecule has 0 unspecified atom stereocenters. The zero-order valence-electron chi connectivity index (χ0n) is 11.2. The van der Waals surface area contributed by atoms with Crippen molar-refractivity contribution in [1.82, 2.24) is 4.90 Å². The topological polar surface area (TPSA) is 88.2 Å². The summed E-state index contributed by atoms with van der Waals surface area (Å²) in [6, 6.07) is 7.21. The first-order valence-electron chi connectivity index (χ1n) is 5.88. The molecule has 0 saturated carbocycles. The molecule has 1 aromatic rings. The average Bonchev–Trinajstić information content (AvgIpc) is 2.44. The Kier molecular flexibility index (Phi) is 5.81. The van der Waals surface area contributed by atoms with Gasteiger partial charge < -0.3 is 20.6 Å². The number of ether oxygens (including phenoxy) is 1. The molecule has 1 amide bonds. The molecular weight excluding hydrogens is 246 g/mol. The van der Waals surface area contributed by atoms with Gasteiger partial charge in [0.25, 0.3) is 0 Å². The Morgan fingerprint density at radius 1 is 1.53 bits per heavy atom. The minimum Gasteiger partial charge on any atom is -0.409 e. The molecule has 0 fully saturated rings. The van der Waals surface area contributed by atoms with Gasteiger partial charge in [-0.25, -0.2) is 0 Å². The molecule has 0 aromatic heterocycles. The highest BCUT2D eigenvalue weighted by atomic mass is 16.5. The SMILES string of the molecule is COCCC(=O)N(C)Cc1cccc(C(N)=NO)c1. The van der Waals surface area contributed by atoms with Crippen LogP contribution in [0.15, 0.2) is 29.4 Å². The van der Waals surface area contributed by atoms with Crippen molar-refractivity contribution in [3.05, 3.63) is 35.4 Å². The molecular formula is C13H19N3O3. The fourth-order valence-corrected chi connectivity index (χ4v) is 1.63. The van der Waals surface area contributed by atoms with E-state index < -0.39 is 0 Å². The number of nitrogens with two attached hydrogens (primary N) is 1. The van der Waals surface area contributed by atoms with E-state index in [4.69, 9.17) is 15.7 Å². The number of hydrogen-bond donors (Lipinski definition) is 2. The lowest BCUT2D eigenvalue weighted by atomic mass is 10.1. The number of benzene rings is 1. The molecule has 19 heavy (non-hydrogen) atoms. The van der Waals surface area contributed by atoms with Gasteiger partial charge in [0.1, 0.15) is 0 Å². The summed E-state index contributed by atoms with van der Waals surface area (Å²) in [4.78, 5) is 13.4.